The number of rotatable bonds is 5. The minimum Gasteiger partial charge on any atom is -0.376 e. The first-order chi connectivity index (χ1) is 9.65. The number of anilines is 1. The Kier molecular flexibility index (Phi) is 5.34. The Balaban J connectivity index is 1.82. The van der Waals surface area contributed by atoms with Crippen molar-refractivity contribution in [3.63, 3.8) is 0 Å². The standard InChI is InChI=1S/C14H21N3O3/c1-10(16-8-13-9-19-6-7-20-13)11-2-4-12(5-3-11)17-14(15)18/h2-5,10,13,16H,6-9H2,1H3,(H3,15,17,18). The van der Waals surface area contributed by atoms with E-state index in [4.69, 9.17) is 15.2 Å². The largest absolute Gasteiger partial charge is 0.376 e. The maximum Gasteiger partial charge on any atom is 0.316 e. The summed E-state index contributed by atoms with van der Waals surface area (Å²) in [7, 11) is 0. The molecule has 1 heterocycles. The lowest BCUT2D eigenvalue weighted by Gasteiger charge is -2.25. The molecule has 1 aliphatic rings. The van der Waals surface area contributed by atoms with E-state index in [0.717, 1.165) is 12.1 Å². The van der Waals surface area contributed by atoms with Crippen LogP contribution in [0.2, 0.25) is 0 Å². The van der Waals surface area contributed by atoms with E-state index >= 15 is 0 Å². The molecule has 2 rings (SSSR count). The lowest BCUT2D eigenvalue weighted by Crippen LogP contribution is -2.38. The van der Waals surface area contributed by atoms with Crippen LogP contribution in [0.1, 0.15) is 18.5 Å². The molecule has 6 nitrogen and oxygen atoms in total. The van der Waals surface area contributed by atoms with Crippen molar-refractivity contribution in [2.45, 2.75) is 19.1 Å². The summed E-state index contributed by atoms with van der Waals surface area (Å²) in [4.78, 5) is 10.7. The van der Waals surface area contributed by atoms with E-state index in [2.05, 4.69) is 17.6 Å². The van der Waals surface area contributed by atoms with E-state index in [1.54, 1.807) is 0 Å². The predicted octanol–water partition coefficient (Wildman–Crippen LogP) is 1.24. The van der Waals surface area contributed by atoms with Gasteiger partial charge in [0.2, 0.25) is 0 Å². The number of carbonyl (C=O) groups excluding carboxylic acids is 1. The van der Waals surface area contributed by atoms with Crippen molar-refractivity contribution in [1.29, 1.82) is 0 Å². The van der Waals surface area contributed by atoms with Crippen molar-refractivity contribution in [2.24, 2.45) is 5.73 Å². The quantitative estimate of drug-likeness (QED) is 0.757. The first-order valence-corrected chi connectivity index (χ1v) is 6.74. The number of urea groups is 1. The van der Waals surface area contributed by atoms with Gasteiger partial charge in [0, 0.05) is 18.3 Å². The second-order valence-electron chi connectivity index (χ2n) is 4.81. The Morgan fingerprint density at radius 1 is 1.40 bits per heavy atom. The molecular weight excluding hydrogens is 258 g/mol. The molecular formula is C14H21N3O3. The van der Waals surface area contributed by atoms with Crippen molar-refractivity contribution < 1.29 is 14.3 Å². The van der Waals surface area contributed by atoms with E-state index in [1.807, 2.05) is 24.3 Å². The van der Waals surface area contributed by atoms with E-state index in [0.29, 0.717) is 25.5 Å². The first kappa shape index (κ1) is 14.8. The number of benzene rings is 1. The minimum atomic E-state index is -0.557. The van der Waals surface area contributed by atoms with Crippen molar-refractivity contribution in [3.05, 3.63) is 29.8 Å². The number of carbonyl (C=O) groups is 1. The van der Waals surface area contributed by atoms with Crippen LogP contribution in [0.4, 0.5) is 10.5 Å². The Labute approximate surface area is 118 Å². The average molecular weight is 279 g/mol. The maximum atomic E-state index is 10.7. The number of amides is 2. The molecule has 20 heavy (non-hydrogen) atoms. The monoisotopic (exact) mass is 279 g/mol. The van der Waals surface area contributed by atoms with Crippen molar-refractivity contribution in [3.8, 4) is 0 Å². The fraction of sp³-hybridized carbons (Fsp3) is 0.500. The molecule has 1 aromatic carbocycles. The lowest BCUT2D eigenvalue weighted by molar-refractivity contribution is -0.0869. The van der Waals surface area contributed by atoms with Gasteiger partial charge in [0.1, 0.15) is 0 Å². The third-order valence-electron chi connectivity index (χ3n) is 3.21. The number of nitrogens with two attached hydrogens (primary N) is 1. The number of primary amides is 1. The van der Waals surface area contributed by atoms with Crippen LogP contribution in [-0.4, -0.2) is 38.5 Å². The van der Waals surface area contributed by atoms with Gasteiger partial charge in [0.15, 0.2) is 0 Å². The highest BCUT2D eigenvalue weighted by Gasteiger charge is 2.15. The second-order valence-corrected chi connectivity index (χ2v) is 4.81. The third kappa shape index (κ3) is 4.48. The molecule has 2 amide bonds. The Morgan fingerprint density at radius 3 is 2.75 bits per heavy atom. The highest BCUT2D eigenvalue weighted by atomic mass is 16.6. The SMILES string of the molecule is CC(NCC1COCCO1)c1ccc(NC(N)=O)cc1. The first-order valence-electron chi connectivity index (χ1n) is 6.74. The van der Waals surface area contributed by atoms with Gasteiger partial charge in [-0.25, -0.2) is 4.79 Å². The molecule has 110 valence electrons. The smallest absolute Gasteiger partial charge is 0.316 e. The zero-order chi connectivity index (χ0) is 14.4. The van der Waals surface area contributed by atoms with Gasteiger partial charge in [0.05, 0.1) is 25.9 Å². The van der Waals surface area contributed by atoms with Gasteiger partial charge < -0.3 is 25.8 Å². The molecule has 1 aliphatic heterocycles. The lowest BCUT2D eigenvalue weighted by atomic mass is 10.1. The molecule has 1 saturated heterocycles. The van der Waals surface area contributed by atoms with E-state index in [9.17, 15) is 4.79 Å². The van der Waals surface area contributed by atoms with Gasteiger partial charge in [-0.15, -0.1) is 0 Å². The van der Waals surface area contributed by atoms with Crippen LogP contribution in [0.3, 0.4) is 0 Å². The summed E-state index contributed by atoms with van der Waals surface area (Å²) in [6.07, 6.45) is 0.113. The molecule has 6 heteroatoms. The van der Waals surface area contributed by atoms with Gasteiger partial charge in [-0.3, -0.25) is 0 Å². The van der Waals surface area contributed by atoms with Crippen LogP contribution in [0.15, 0.2) is 24.3 Å². The van der Waals surface area contributed by atoms with E-state index < -0.39 is 6.03 Å². The van der Waals surface area contributed by atoms with Gasteiger partial charge in [-0.05, 0) is 24.6 Å². The van der Waals surface area contributed by atoms with E-state index in [-0.39, 0.29) is 12.1 Å². The molecule has 1 fully saturated rings. The van der Waals surface area contributed by atoms with Crippen LogP contribution >= 0.6 is 0 Å². The van der Waals surface area contributed by atoms with Crippen LogP contribution in [0.25, 0.3) is 0 Å². The summed E-state index contributed by atoms with van der Waals surface area (Å²) in [5.41, 5.74) is 6.89. The average Bonchev–Trinajstić information content (AvgIpc) is 2.46. The summed E-state index contributed by atoms with van der Waals surface area (Å²) < 4.78 is 10.9. The molecule has 0 spiro atoms. The van der Waals surface area contributed by atoms with Gasteiger partial charge >= 0.3 is 6.03 Å². The van der Waals surface area contributed by atoms with Crippen molar-refractivity contribution in [2.75, 3.05) is 31.7 Å². The number of hydrogen-bond donors (Lipinski definition) is 3. The van der Waals surface area contributed by atoms with Crippen molar-refractivity contribution in [1.82, 2.24) is 5.32 Å². The number of nitrogens with one attached hydrogen (secondary N) is 2. The zero-order valence-electron chi connectivity index (χ0n) is 11.6. The molecule has 0 saturated carbocycles. The summed E-state index contributed by atoms with van der Waals surface area (Å²) in [5, 5.41) is 5.95. The summed E-state index contributed by atoms with van der Waals surface area (Å²) in [6, 6.07) is 7.22. The highest BCUT2D eigenvalue weighted by molar-refractivity contribution is 5.87. The topological polar surface area (TPSA) is 85.6 Å². The third-order valence-corrected chi connectivity index (χ3v) is 3.21. The Morgan fingerprint density at radius 2 is 2.15 bits per heavy atom. The molecule has 4 N–H and O–H groups in total. The molecule has 2 atom stereocenters. The Bertz CT molecular complexity index is 430. The molecule has 0 aromatic heterocycles. The van der Waals surface area contributed by atoms with Gasteiger partial charge in [-0.1, -0.05) is 12.1 Å². The van der Waals surface area contributed by atoms with Crippen LogP contribution < -0.4 is 16.4 Å². The molecule has 0 bridgehead atoms. The van der Waals surface area contributed by atoms with Gasteiger partial charge in [0.25, 0.3) is 0 Å². The predicted molar refractivity (Wildman–Crippen MR) is 76.6 cm³/mol. The van der Waals surface area contributed by atoms with Crippen molar-refractivity contribution >= 4 is 11.7 Å². The maximum absolute atomic E-state index is 10.7. The Hall–Kier alpha value is -1.63. The van der Waals surface area contributed by atoms with Gasteiger partial charge in [-0.2, -0.15) is 0 Å². The second kappa shape index (κ2) is 7.23. The summed E-state index contributed by atoms with van der Waals surface area (Å²) in [5.74, 6) is 0. The fourth-order valence-corrected chi connectivity index (χ4v) is 2.08. The normalized spacial score (nSPS) is 20.4. The summed E-state index contributed by atoms with van der Waals surface area (Å²) >= 11 is 0. The molecule has 0 radical (unpaired) electrons. The molecule has 2 unspecified atom stereocenters. The number of hydrogen-bond acceptors (Lipinski definition) is 4. The highest BCUT2D eigenvalue weighted by Crippen LogP contribution is 2.16. The molecule has 1 aromatic rings. The van der Waals surface area contributed by atoms with E-state index in [1.165, 1.54) is 0 Å². The van der Waals surface area contributed by atoms with Crippen LogP contribution in [0, 0.1) is 0 Å². The zero-order valence-corrected chi connectivity index (χ0v) is 11.6. The molecule has 0 aliphatic carbocycles. The fourth-order valence-electron chi connectivity index (χ4n) is 2.08. The van der Waals surface area contributed by atoms with Crippen LogP contribution in [0.5, 0.6) is 0 Å². The minimum absolute atomic E-state index is 0.113. The van der Waals surface area contributed by atoms with Crippen LogP contribution in [-0.2, 0) is 9.47 Å². The number of ether oxygens (including phenoxy) is 2. The summed E-state index contributed by atoms with van der Waals surface area (Å²) in [6.45, 7) is 4.82.